The summed E-state index contributed by atoms with van der Waals surface area (Å²) >= 11 is 6.31. The molecule has 0 aliphatic carbocycles. The lowest BCUT2D eigenvalue weighted by Gasteiger charge is -2.33. The second-order valence-electron chi connectivity index (χ2n) is 6.92. The fraction of sp³-hybridized carbons (Fsp3) is 0.208. The van der Waals surface area contributed by atoms with Crippen molar-refractivity contribution < 1.29 is 4.79 Å². The molecule has 1 aliphatic heterocycles. The molecule has 2 atom stereocenters. The Morgan fingerprint density at radius 2 is 1.44 bits per heavy atom. The molecule has 3 heteroatoms. The highest BCUT2D eigenvalue weighted by molar-refractivity contribution is 6.18. The average Bonchev–Trinajstić information content (AvgIpc) is 3.12. The maximum Gasteiger partial charge on any atom is 0.223 e. The number of carbonyl (C=O) groups excluding carboxylic acids is 1. The summed E-state index contributed by atoms with van der Waals surface area (Å²) in [5.74, 6) is 0.579. The van der Waals surface area contributed by atoms with Gasteiger partial charge in [-0.15, -0.1) is 11.6 Å². The van der Waals surface area contributed by atoms with Crippen LogP contribution in [0.1, 0.15) is 36.1 Å². The van der Waals surface area contributed by atoms with Crippen LogP contribution < -0.4 is 0 Å². The molecular weight excluding hydrogens is 354 g/mol. The molecule has 3 aromatic carbocycles. The van der Waals surface area contributed by atoms with Crippen molar-refractivity contribution in [2.45, 2.75) is 24.9 Å². The minimum Gasteiger partial charge on any atom is -0.327 e. The van der Waals surface area contributed by atoms with Crippen molar-refractivity contribution in [1.29, 1.82) is 0 Å². The third-order valence-electron chi connectivity index (χ3n) is 5.32. The van der Waals surface area contributed by atoms with Crippen LogP contribution in [0.15, 0.2) is 84.9 Å². The van der Waals surface area contributed by atoms with Crippen molar-refractivity contribution in [1.82, 2.24) is 4.90 Å². The molecule has 0 spiro atoms. The number of amides is 1. The number of alkyl halides is 1. The third kappa shape index (κ3) is 3.63. The molecule has 27 heavy (non-hydrogen) atoms. The summed E-state index contributed by atoms with van der Waals surface area (Å²) in [4.78, 5) is 14.7. The summed E-state index contributed by atoms with van der Waals surface area (Å²) in [5.41, 5.74) is 4.65. The van der Waals surface area contributed by atoms with Crippen molar-refractivity contribution in [3.63, 3.8) is 0 Å². The zero-order chi connectivity index (χ0) is 18.6. The van der Waals surface area contributed by atoms with Crippen LogP contribution in [0.2, 0.25) is 0 Å². The lowest BCUT2D eigenvalue weighted by Crippen LogP contribution is -2.33. The third-order valence-corrected chi connectivity index (χ3v) is 5.62. The molecule has 2 nitrogen and oxygen atoms in total. The first-order valence-electron chi connectivity index (χ1n) is 9.35. The topological polar surface area (TPSA) is 20.3 Å². The number of nitrogens with zero attached hydrogens (tertiary/aromatic N) is 1. The Morgan fingerprint density at radius 3 is 2.07 bits per heavy atom. The normalized spacial score (nSPS) is 17.9. The Hall–Kier alpha value is -2.58. The van der Waals surface area contributed by atoms with Gasteiger partial charge in [0.25, 0.3) is 0 Å². The fourth-order valence-corrected chi connectivity index (χ4v) is 4.27. The monoisotopic (exact) mass is 375 g/mol. The van der Waals surface area contributed by atoms with E-state index in [-0.39, 0.29) is 18.0 Å². The van der Waals surface area contributed by atoms with Gasteiger partial charge in [-0.05, 0) is 28.7 Å². The van der Waals surface area contributed by atoms with Gasteiger partial charge in [0.05, 0.1) is 12.1 Å². The lowest BCUT2D eigenvalue weighted by molar-refractivity contribution is -0.131. The van der Waals surface area contributed by atoms with E-state index in [4.69, 9.17) is 11.6 Å². The molecule has 0 saturated carbocycles. The zero-order valence-corrected chi connectivity index (χ0v) is 15.8. The fourth-order valence-electron chi connectivity index (χ4n) is 3.95. The molecule has 136 valence electrons. The molecule has 1 heterocycles. The predicted molar refractivity (Wildman–Crippen MR) is 111 cm³/mol. The maximum atomic E-state index is 12.7. The van der Waals surface area contributed by atoms with Crippen LogP contribution in [0.5, 0.6) is 0 Å². The van der Waals surface area contributed by atoms with Crippen LogP contribution in [0.4, 0.5) is 0 Å². The molecule has 1 amide bonds. The molecule has 0 bridgehead atoms. The van der Waals surface area contributed by atoms with E-state index >= 15 is 0 Å². The van der Waals surface area contributed by atoms with Crippen molar-refractivity contribution in [2.24, 2.45) is 0 Å². The molecule has 0 radical (unpaired) electrons. The largest absolute Gasteiger partial charge is 0.327 e. The van der Waals surface area contributed by atoms with E-state index in [0.29, 0.717) is 12.3 Å². The summed E-state index contributed by atoms with van der Waals surface area (Å²) in [6, 6.07) is 29.0. The van der Waals surface area contributed by atoms with Gasteiger partial charge >= 0.3 is 0 Å². The molecule has 1 fully saturated rings. The highest BCUT2D eigenvalue weighted by Gasteiger charge is 2.37. The van der Waals surface area contributed by atoms with E-state index in [9.17, 15) is 4.79 Å². The average molecular weight is 376 g/mol. The smallest absolute Gasteiger partial charge is 0.223 e. The number of hydrogen-bond donors (Lipinski definition) is 0. The molecular formula is C24H22ClNO. The first kappa shape index (κ1) is 17.8. The number of hydrogen-bond acceptors (Lipinski definition) is 1. The molecule has 4 rings (SSSR count). The first-order valence-corrected chi connectivity index (χ1v) is 9.89. The predicted octanol–water partition coefficient (Wildman–Crippen LogP) is 6.00. The van der Waals surface area contributed by atoms with E-state index in [1.54, 1.807) is 0 Å². The Labute approximate surface area is 165 Å². The summed E-state index contributed by atoms with van der Waals surface area (Å²) in [7, 11) is 0. The zero-order valence-electron chi connectivity index (χ0n) is 15.1. The van der Waals surface area contributed by atoms with Crippen LogP contribution in [-0.2, 0) is 4.79 Å². The molecule has 3 aromatic rings. The Morgan fingerprint density at radius 1 is 0.852 bits per heavy atom. The van der Waals surface area contributed by atoms with Crippen molar-refractivity contribution in [3.8, 4) is 11.1 Å². The summed E-state index contributed by atoms with van der Waals surface area (Å²) in [6.07, 6.45) is 1.41. The highest BCUT2D eigenvalue weighted by atomic mass is 35.5. The van der Waals surface area contributed by atoms with Crippen LogP contribution in [0, 0.1) is 0 Å². The van der Waals surface area contributed by atoms with Crippen LogP contribution in [0.3, 0.4) is 0 Å². The quantitative estimate of drug-likeness (QED) is 0.501. The Bertz CT molecular complexity index is 893. The molecule has 0 N–H and O–H groups in total. The molecule has 1 saturated heterocycles. The summed E-state index contributed by atoms with van der Waals surface area (Å²) in [5, 5.41) is 0. The Kier molecular flexibility index (Phi) is 5.26. The Balaban J connectivity index is 1.63. The molecule has 1 aliphatic rings. The van der Waals surface area contributed by atoms with E-state index < -0.39 is 0 Å². The van der Waals surface area contributed by atoms with Gasteiger partial charge in [0.1, 0.15) is 0 Å². The highest BCUT2D eigenvalue weighted by Crippen LogP contribution is 2.40. The van der Waals surface area contributed by atoms with Gasteiger partial charge in [-0.2, -0.15) is 0 Å². The SMILES string of the molecule is O=C1CCC(c2ccc(-c3ccccc3)cc2)N1C(CCl)c1ccccc1. The second kappa shape index (κ2) is 7.98. The molecule has 0 aromatic heterocycles. The number of benzene rings is 3. The number of rotatable bonds is 5. The minimum absolute atomic E-state index is 0.0753. The van der Waals surface area contributed by atoms with Crippen LogP contribution in [-0.4, -0.2) is 16.7 Å². The van der Waals surface area contributed by atoms with Gasteiger partial charge in [0, 0.05) is 12.3 Å². The lowest BCUT2D eigenvalue weighted by atomic mass is 9.98. The van der Waals surface area contributed by atoms with E-state index in [2.05, 4.69) is 36.4 Å². The van der Waals surface area contributed by atoms with Crippen molar-refractivity contribution in [2.75, 3.05) is 5.88 Å². The summed E-state index contributed by atoms with van der Waals surface area (Å²) in [6.45, 7) is 0. The first-order chi connectivity index (χ1) is 13.3. The second-order valence-corrected chi connectivity index (χ2v) is 7.23. The molecule has 2 unspecified atom stereocenters. The van der Waals surface area contributed by atoms with E-state index in [1.165, 1.54) is 16.7 Å². The van der Waals surface area contributed by atoms with Gasteiger partial charge in [0.15, 0.2) is 0 Å². The number of likely N-dealkylation sites (tertiary alicyclic amines) is 1. The van der Waals surface area contributed by atoms with E-state index in [0.717, 1.165) is 12.0 Å². The van der Waals surface area contributed by atoms with Gasteiger partial charge in [-0.25, -0.2) is 0 Å². The maximum absolute atomic E-state index is 12.7. The van der Waals surface area contributed by atoms with Crippen molar-refractivity contribution in [3.05, 3.63) is 96.1 Å². The number of halogens is 1. The van der Waals surface area contributed by atoms with Gasteiger partial charge in [-0.1, -0.05) is 84.9 Å². The van der Waals surface area contributed by atoms with E-state index in [1.807, 2.05) is 53.4 Å². The minimum atomic E-state index is -0.0957. The summed E-state index contributed by atoms with van der Waals surface area (Å²) < 4.78 is 0. The van der Waals surface area contributed by atoms with Gasteiger partial charge in [-0.3, -0.25) is 4.79 Å². The van der Waals surface area contributed by atoms with Gasteiger partial charge in [0.2, 0.25) is 5.91 Å². The number of carbonyl (C=O) groups is 1. The van der Waals surface area contributed by atoms with Crippen LogP contribution >= 0.6 is 11.6 Å². The standard InChI is InChI=1S/C24H22ClNO/c25-17-23(20-9-5-2-6-10-20)26-22(15-16-24(26)27)21-13-11-19(12-14-21)18-7-3-1-4-8-18/h1-14,22-23H,15-17H2. The van der Waals surface area contributed by atoms with Crippen LogP contribution in [0.25, 0.3) is 11.1 Å². The van der Waals surface area contributed by atoms with Gasteiger partial charge < -0.3 is 4.90 Å². The van der Waals surface area contributed by atoms with Crippen molar-refractivity contribution >= 4 is 17.5 Å².